The second-order valence-corrected chi connectivity index (χ2v) is 7.76. The fourth-order valence-corrected chi connectivity index (χ4v) is 4.10. The van der Waals surface area contributed by atoms with Gasteiger partial charge in [0, 0.05) is 24.7 Å². The Balaban J connectivity index is 0.00000385. The third kappa shape index (κ3) is 7.40. The Kier molecular flexibility index (Phi) is 11.6. The predicted molar refractivity (Wildman–Crippen MR) is 144 cm³/mol. The lowest BCUT2D eigenvalue weighted by Crippen LogP contribution is -2.42. The SMILES string of the molecule is CCNC(=NCc1cc(OC)c(OC)cc1OC)NCC(c1ccccc1)N1CCCC1.I. The van der Waals surface area contributed by atoms with Crippen LogP contribution in [0.4, 0.5) is 0 Å². The number of benzene rings is 2. The van der Waals surface area contributed by atoms with Crippen LogP contribution in [0.1, 0.15) is 36.9 Å². The van der Waals surface area contributed by atoms with Crippen LogP contribution in [0.5, 0.6) is 17.2 Å². The smallest absolute Gasteiger partial charge is 0.191 e. The summed E-state index contributed by atoms with van der Waals surface area (Å²) in [6.07, 6.45) is 2.52. The van der Waals surface area contributed by atoms with E-state index in [1.54, 1.807) is 21.3 Å². The third-order valence-electron chi connectivity index (χ3n) is 5.77. The molecule has 1 aliphatic rings. The van der Waals surface area contributed by atoms with Gasteiger partial charge in [0.2, 0.25) is 0 Å². The summed E-state index contributed by atoms with van der Waals surface area (Å²) in [5, 5.41) is 6.92. The van der Waals surface area contributed by atoms with Crippen molar-refractivity contribution in [2.75, 3.05) is 47.5 Å². The summed E-state index contributed by atoms with van der Waals surface area (Å²) < 4.78 is 16.4. The van der Waals surface area contributed by atoms with Crippen LogP contribution in [-0.2, 0) is 6.54 Å². The molecule has 0 saturated carbocycles. The van der Waals surface area contributed by atoms with E-state index in [1.807, 2.05) is 12.1 Å². The van der Waals surface area contributed by atoms with Gasteiger partial charge >= 0.3 is 0 Å². The zero-order valence-electron chi connectivity index (χ0n) is 20.1. The summed E-state index contributed by atoms with van der Waals surface area (Å²) in [5.41, 5.74) is 2.26. The van der Waals surface area contributed by atoms with Crippen molar-refractivity contribution in [2.45, 2.75) is 32.4 Å². The minimum Gasteiger partial charge on any atom is -0.496 e. The van der Waals surface area contributed by atoms with E-state index in [9.17, 15) is 0 Å². The van der Waals surface area contributed by atoms with Crippen LogP contribution in [0, 0.1) is 0 Å². The van der Waals surface area contributed by atoms with E-state index in [4.69, 9.17) is 19.2 Å². The van der Waals surface area contributed by atoms with E-state index < -0.39 is 0 Å². The van der Waals surface area contributed by atoms with Crippen molar-refractivity contribution in [2.24, 2.45) is 4.99 Å². The zero-order chi connectivity index (χ0) is 22.8. The molecule has 1 aliphatic heterocycles. The molecular weight excluding hydrogens is 531 g/mol. The fraction of sp³-hybridized carbons (Fsp3) is 0.480. The number of hydrogen-bond donors (Lipinski definition) is 2. The fourth-order valence-electron chi connectivity index (χ4n) is 4.10. The number of halogens is 1. The normalized spacial score (nSPS) is 14.8. The summed E-state index contributed by atoms with van der Waals surface area (Å²) in [6, 6.07) is 14.8. The highest BCUT2D eigenvalue weighted by Crippen LogP contribution is 2.35. The van der Waals surface area contributed by atoms with Gasteiger partial charge in [-0.3, -0.25) is 4.90 Å². The van der Waals surface area contributed by atoms with Crippen LogP contribution in [-0.4, -0.2) is 58.4 Å². The second-order valence-electron chi connectivity index (χ2n) is 7.76. The van der Waals surface area contributed by atoms with Gasteiger partial charge in [0.15, 0.2) is 17.5 Å². The lowest BCUT2D eigenvalue weighted by Gasteiger charge is -2.29. The maximum absolute atomic E-state index is 5.55. The molecule has 0 aromatic heterocycles. The van der Waals surface area contributed by atoms with E-state index in [0.717, 1.165) is 43.5 Å². The molecule has 0 amide bonds. The first-order chi connectivity index (χ1) is 15.7. The van der Waals surface area contributed by atoms with Gasteiger partial charge in [0.05, 0.1) is 33.9 Å². The minimum atomic E-state index is 0. The van der Waals surface area contributed by atoms with Crippen LogP contribution >= 0.6 is 24.0 Å². The molecule has 0 spiro atoms. The Morgan fingerprint density at radius 1 is 0.939 bits per heavy atom. The predicted octanol–water partition coefficient (Wildman–Crippen LogP) is 4.22. The summed E-state index contributed by atoms with van der Waals surface area (Å²) in [7, 11) is 4.90. The molecule has 182 valence electrons. The van der Waals surface area contributed by atoms with Crippen LogP contribution in [0.3, 0.4) is 0 Å². The molecule has 7 nitrogen and oxygen atoms in total. The van der Waals surface area contributed by atoms with E-state index >= 15 is 0 Å². The summed E-state index contributed by atoms with van der Waals surface area (Å²) >= 11 is 0. The van der Waals surface area contributed by atoms with Gasteiger partial charge in [0.25, 0.3) is 0 Å². The molecular formula is C25H37IN4O3. The number of nitrogens with one attached hydrogen (secondary N) is 2. The van der Waals surface area contributed by atoms with Crippen molar-refractivity contribution < 1.29 is 14.2 Å². The van der Waals surface area contributed by atoms with Crippen LogP contribution in [0.2, 0.25) is 0 Å². The highest BCUT2D eigenvalue weighted by Gasteiger charge is 2.23. The van der Waals surface area contributed by atoms with Gasteiger partial charge in [-0.15, -0.1) is 24.0 Å². The van der Waals surface area contributed by atoms with Gasteiger partial charge in [0.1, 0.15) is 5.75 Å². The van der Waals surface area contributed by atoms with Crippen molar-refractivity contribution in [3.8, 4) is 17.2 Å². The molecule has 1 heterocycles. The van der Waals surface area contributed by atoms with Crippen molar-refractivity contribution in [3.05, 3.63) is 53.6 Å². The molecule has 0 aliphatic carbocycles. The highest BCUT2D eigenvalue weighted by molar-refractivity contribution is 14.0. The first-order valence-corrected chi connectivity index (χ1v) is 11.3. The molecule has 1 saturated heterocycles. The highest BCUT2D eigenvalue weighted by atomic mass is 127. The quantitative estimate of drug-likeness (QED) is 0.254. The average Bonchev–Trinajstić information content (AvgIpc) is 3.37. The van der Waals surface area contributed by atoms with E-state index in [0.29, 0.717) is 24.1 Å². The number of ether oxygens (including phenoxy) is 3. The number of guanidine groups is 1. The first kappa shape index (κ1) is 27.0. The maximum atomic E-state index is 5.55. The number of nitrogens with zero attached hydrogens (tertiary/aromatic N) is 2. The van der Waals surface area contributed by atoms with Crippen LogP contribution in [0.25, 0.3) is 0 Å². The molecule has 1 atom stereocenters. The summed E-state index contributed by atoms with van der Waals surface area (Å²) in [5.74, 6) is 2.80. The van der Waals surface area contributed by atoms with Crippen molar-refractivity contribution >= 4 is 29.9 Å². The number of rotatable bonds is 10. The maximum Gasteiger partial charge on any atom is 0.191 e. The van der Waals surface area contributed by atoms with Gasteiger partial charge in [-0.25, -0.2) is 4.99 Å². The third-order valence-corrected chi connectivity index (χ3v) is 5.77. The van der Waals surface area contributed by atoms with Gasteiger partial charge in [-0.05, 0) is 44.5 Å². The lowest BCUT2D eigenvalue weighted by molar-refractivity contribution is 0.245. The molecule has 8 heteroatoms. The van der Waals surface area contributed by atoms with E-state index in [1.165, 1.54) is 18.4 Å². The summed E-state index contributed by atoms with van der Waals surface area (Å²) in [6.45, 7) is 6.38. The van der Waals surface area contributed by atoms with E-state index in [2.05, 4.69) is 52.8 Å². The largest absolute Gasteiger partial charge is 0.496 e. The Morgan fingerprint density at radius 2 is 1.58 bits per heavy atom. The minimum absolute atomic E-state index is 0. The van der Waals surface area contributed by atoms with Gasteiger partial charge in [-0.2, -0.15) is 0 Å². The molecule has 1 fully saturated rings. The Hall–Kier alpha value is -2.20. The number of aliphatic imine (C=N–C) groups is 1. The molecule has 2 N–H and O–H groups in total. The Labute approximate surface area is 214 Å². The Bertz CT molecular complexity index is 873. The molecule has 0 radical (unpaired) electrons. The zero-order valence-corrected chi connectivity index (χ0v) is 22.4. The number of methoxy groups -OCH3 is 3. The molecule has 2 aromatic rings. The molecule has 3 rings (SSSR count). The van der Waals surface area contributed by atoms with Gasteiger partial charge in [-0.1, -0.05) is 30.3 Å². The number of likely N-dealkylation sites (tertiary alicyclic amines) is 1. The number of hydrogen-bond acceptors (Lipinski definition) is 5. The molecule has 33 heavy (non-hydrogen) atoms. The van der Waals surface area contributed by atoms with Crippen LogP contribution < -0.4 is 24.8 Å². The lowest BCUT2D eigenvalue weighted by atomic mass is 10.1. The van der Waals surface area contributed by atoms with Crippen molar-refractivity contribution in [1.29, 1.82) is 0 Å². The monoisotopic (exact) mass is 568 g/mol. The first-order valence-electron chi connectivity index (χ1n) is 11.3. The average molecular weight is 569 g/mol. The van der Waals surface area contributed by atoms with Gasteiger partial charge < -0.3 is 24.8 Å². The second kappa shape index (κ2) is 14.1. The van der Waals surface area contributed by atoms with Crippen molar-refractivity contribution in [3.63, 3.8) is 0 Å². The summed E-state index contributed by atoms with van der Waals surface area (Å²) in [4.78, 5) is 7.37. The topological polar surface area (TPSA) is 67.4 Å². The standard InChI is InChI=1S/C25H36N4O3.HI/c1-5-26-25(27-17-20-15-23(31-3)24(32-4)16-22(20)30-2)28-18-21(29-13-9-10-14-29)19-11-7-6-8-12-19;/h6-8,11-12,15-16,21H,5,9-10,13-14,17-18H2,1-4H3,(H2,26,27,28);1H. The van der Waals surface area contributed by atoms with Crippen LogP contribution in [0.15, 0.2) is 47.5 Å². The Morgan fingerprint density at radius 3 is 2.18 bits per heavy atom. The molecule has 1 unspecified atom stereocenters. The molecule has 2 aromatic carbocycles. The van der Waals surface area contributed by atoms with E-state index in [-0.39, 0.29) is 24.0 Å². The molecule has 0 bridgehead atoms. The van der Waals surface area contributed by atoms with Crippen molar-refractivity contribution in [1.82, 2.24) is 15.5 Å².